The van der Waals surface area contributed by atoms with Crippen molar-refractivity contribution in [1.82, 2.24) is 9.62 Å². The van der Waals surface area contributed by atoms with E-state index in [1.54, 1.807) is 4.90 Å². The summed E-state index contributed by atoms with van der Waals surface area (Å²) in [5.74, 6) is 4.61. The molecule has 1 rings (SSSR count). The second kappa shape index (κ2) is 10.6. The minimum absolute atomic E-state index is 0.122. The Hall–Kier alpha value is -2.40. The van der Waals surface area contributed by atoms with Gasteiger partial charge in [0.2, 0.25) is 10.0 Å². The number of nitrogens with two attached hydrogens (primary N) is 1. The number of sulfonamides is 1. The molecule has 0 radical (unpaired) electrons. The van der Waals surface area contributed by atoms with Crippen LogP contribution in [-0.4, -0.2) is 43.7 Å². The number of hydrogen-bond donors (Lipinski definition) is 2. The van der Waals surface area contributed by atoms with E-state index in [0.29, 0.717) is 25.3 Å². The molecule has 0 aliphatic heterocycles. The van der Waals surface area contributed by atoms with Crippen LogP contribution in [0.3, 0.4) is 0 Å². The molecule has 2 atom stereocenters. The number of nitrogens with one attached hydrogen (secondary N) is 1. The number of carbonyl (C=O) groups is 1. The van der Waals surface area contributed by atoms with Crippen molar-refractivity contribution in [3.8, 4) is 0 Å². The fraction of sp³-hybridized carbons (Fsp3) is 0.474. The fourth-order valence-electron chi connectivity index (χ4n) is 2.96. The van der Waals surface area contributed by atoms with Crippen LogP contribution in [-0.2, 0) is 14.8 Å². The van der Waals surface area contributed by atoms with E-state index < -0.39 is 38.5 Å². The molecular formula is C19H27F3N4O3S. The van der Waals surface area contributed by atoms with Crippen molar-refractivity contribution < 1.29 is 26.4 Å². The highest BCUT2D eigenvalue weighted by Gasteiger charge is 2.33. The summed E-state index contributed by atoms with van der Waals surface area (Å²) in [7, 11) is -4.36. The first-order valence-corrected chi connectivity index (χ1v) is 10.6. The molecule has 1 aliphatic carbocycles. The van der Waals surface area contributed by atoms with Crippen molar-refractivity contribution in [2.45, 2.75) is 57.8 Å². The molecule has 0 aromatic rings. The number of hydrogen-bond acceptors (Lipinski definition) is 5. The van der Waals surface area contributed by atoms with Crippen LogP contribution in [0.1, 0.15) is 39.5 Å². The Morgan fingerprint density at radius 1 is 1.27 bits per heavy atom. The molecule has 3 N–H and O–H groups in total. The fourth-order valence-corrected chi connectivity index (χ4v) is 4.38. The van der Waals surface area contributed by atoms with Crippen molar-refractivity contribution in [3.63, 3.8) is 0 Å². The van der Waals surface area contributed by atoms with Crippen molar-refractivity contribution in [2.75, 3.05) is 0 Å². The van der Waals surface area contributed by atoms with E-state index in [4.69, 9.17) is 5.84 Å². The molecule has 0 aromatic heterocycles. The summed E-state index contributed by atoms with van der Waals surface area (Å²) in [6, 6.07) is -0.653. The SMILES string of the molecule is C=CN(/C=N\N)[C@@H]1CCC[C@H](NS(=O)(=O)C(/C=C(\C)C(F)(F)F)=C/C(=C)C(C)=O)C1. The molecule has 1 saturated carbocycles. The Morgan fingerprint density at radius 2 is 1.90 bits per heavy atom. The average Bonchev–Trinajstić information content (AvgIpc) is 2.64. The summed E-state index contributed by atoms with van der Waals surface area (Å²) < 4.78 is 67.1. The Morgan fingerprint density at radius 3 is 2.40 bits per heavy atom. The topological polar surface area (TPSA) is 105 Å². The third-order valence-corrected chi connectivity index (χ3v) is 6.19. The van der Waals surface area contributed by atoms with E-state index >= 15 is 0 Å². The lowest BCUT2D eigenvalue weighted by atomic mass is 9.91. The zero-order valence-corrected chi connectivity index (χ0v) is 17.8. The van der Waals surface area contributed by atoms with Gasteiger partial charge in [-0.1, -0.05) is 13.2 Å². The van der Waals surface area contributed by atoms with E-state index in [2.05, 4.69) is 23.0 Å². The lowest BCUT2D eigenvalue weighted by molar-refractivity contribution is -0.113. The Labute approximate surface area is 174 Å². The van der Waals surface area contributed by atoms with Gasteiger partial charge in [0.05, 0.1) is 4.91 Å². The molecule has 0 saturated heterocycles. The minimum atomic E-state index is -4.71. The monoisotopic (exact) mass is 448 g/mol. The van der Waals surface area contributed by atoms with Gasteiger partial charge in [-0.3, -0.25) is 4.79 Å². The van der Waals surface area contributed by atoms with Crippen LogP contribution in [0.4, 0.5) is 13.2 Å². The number of halogens is 3. The third-order valence-electron chi connectivity index (χ3n) is 4.69. The smallest absolute Gasteiger partial charge is 0.335 e. The molecule has 1 aliphatic rings. The first-order chi connectivity index (χ1) is 13.8. The van der Waals surface area contributed by atoms with Crippen molar-refractivity contribution in [1.29, 1.82) is 0 Å². The molecule has 11 heteroatoms. The van der Waals surface area contributed by atoms with Gasteiger partial charge in [-0.2, -0.15) is 18.3 Å². The van der Waals surface area contributed by atoms with E-state index in [-0.39, 0.29) is 11.6 Å². The highest BCUT2D eigenvalue weighted by Crippen LogP contribution is 2.28. The largest absolute Gasteiger partial charge is 0.412 e. The molecule has 0 aromatic carbocycles. The highest BCUT2D eigenvalue weighted by molar-refractivity contribution is 7.93. The quantitative estimate of drug-likeness (QED) is 0.141. The first-order valence-electron chi connectivity index (χ1n) is 9.14. The molecule has 0 bridgehead atoms. The summed E-state index contributed by atoms with van der Waals surface area (Å²) in [5.41, 5.74) is -1.34. The van der Waals surface area contributed by atoms with Crippen LogP contribution in [0.25, 0.3) is 0 Å². The summed E-state index contributed by atoms with van der Waals surface area (Å²) in [6.45, 7) is 8.98. The van der Waals surface area contributed by atoms with Crippen LogP contribution >= 0.6 is 0 Å². The van der Waals surface area contributed by atoms with Gasteiger partial charge >= 0.3 is 6.18 Å². The number of hydrazone groups is 1. The maximum Gasteiger partial charge on any atom is 0.412 e. The second-order valence-electron chi connectivity index (χ2n) is 6.99. The third kappa shape index (κ3) is 7.45. The second-order valence-corrected chi connectivity index (χ2v) is 8.70. The van der Waals surface area contributed by atoms with Crippen molar-refractivity contribution in [2.24, 2.45) is 10.9 Å². The lowest BCUT2D eigenvalue weighted by Gasteiger charge is -2.34. The Kier molecular flexibility index (Phi) is 9.04. The van der Waals surface area contributed by atoms with Gasteiger partial charge in [-0.05, 0) is 57.9 Å². The Bertz CT molecular complexity index is 861. The van der Waals surface area contributed by atoms with Crippen LogP contribution in [0.5, 0.6) is 0 Å². The minimum Gasteiger partial charge on any atom is -0.335 e. The number of Topliss-reactive ketones (excluding diaryl/α,β-unsaturated/α-hetero) is 1. The van der Waals surface area contributed by atoms with E-state index in [1.807, 2.05) is 0 Å². The van der Waals surface area contributed by atoms with Crippen molar-refractivity contribution >= 4 is 22.1 Å². The summed E-state index contributed by atoms with van der Waals surface area (Å²) in [4.78, 5) is 12.4. The normalized spacial score (nSPS) is 21.5. The first kappa shape index (κ1) is 25.6. The molecule has 0 spiro atoms. The van der Waals surface area contributed by atoms with Gasteiger partial charge in [-0.15, -0.1) is 0 Å². The number of carbonyl (C=O) groups excluding carboxylic acids is 1. The number of alkyl halides is 3. The zero-order valence-electron chi connectivity index (χ0n) is 16.9. The van der Waals surface area contributed by atoms with Gasteiger partial charge in [0.15, 0.2) is 5.78 Å². The molecule has 30 heavy (non-hydrogen) atoms. The molecule has 0 amide bonds. The predicted octanol–water partition coefficient (Wildman–Crippen LogP) is 3.10. The van der Waals surface area contributed by atoms with E-state index in [1.165, 1.54) is 12.5 Å². The predicted molar refractivity (Wildman–Crippen MR) is 111 cm³/mol. The molecular weight excluding hydrogens is 421 g/mol. The molecule has 0 heterocycles. The zero-order chi connectivity index (χ0) is 23.1. The number of allylic oxidation sites excluding steroid dienone is 4. The van der Waals surface area contributed by atoms with Gasteiger partial charge in [0.25, 0.3) is 0 Å². The maximum atomic E-state index is 13.0. The molecule has 0 unspecified atom stereocenters. The highest BCUT2D eigenvalue weighted by atomic mass is 32.2. The summed E-state index contributed by atoms with van der Waals surface area (Å²) >= 11 is 0. The maximum absolute atomic E-state index is 13.0. The van der Waals surface area contributed by atoms with Crippen LogP contribution < -0.4 is 10.6 Å². The van der Waals surface area contributed by atoms with E-state index in [0.717, 1.165) is 26.3 Å². The lowest BCUT2D eigenvalue weighted by Crippen LogP contribution is -2.44. The van der Waals surface area contributed by atoms with Crippen LogP contribution in [0, 0.1) is 0 Å². The summed E-state index contributed by atoms with van der Waals surface area (Å²) in [6.07, 6.45) is 1.80. The van der Waals surface area contributed by atoms with E-state index in [9.17, 15) is 26.4 Å². The Balaban J connectivity index is 3.20. The number of ketones is 1. The number of nitrogens with zero attached hydrogens (tertiary/aromatic N) is 2. The van der Waals surface area contributed by atoms with Gasteiger partial charge in [0, 0.05) is 23.2 Å². The standard InChI is InChI=1S/C19H27F3N4O3S/c1-5-26(12-24-23)17-8-6-7-16(11-17)25-30(28,29)18(9-13(2)15(4)27)10-14(3)19(20,21)22/h5,9-10,12,16-17,25H,1-2,6-8,11,23H2,3-4H3/b14-10+,18-9+,24-12-/t16-,17+/m0/s1. The van der Waals surface area contributed by atoms with Gasteiger partial charge in [0.1, 0.15) is 6.34 Å². The van der Waals surface area contributed by atoms with Crippen LogP contribution in [0.15, 0.2) is 52.7 Å². The number of rotatable bonds is 9. The molecule has 1 fully saturated rings. The van der Waals surface area contributed by atoms with Gasteiger partial charge in [-0.25, -0.2) is 13.1 Å². The van der Waals surface area contributed by atoms with Crippen molar-refractivity contribution in [3.05, 3.63) is 47.6 Å². The average molecular weight is 449 g/mol. The molecule has 168 valence electrons. The van der Waals surface area contributed by atoms with Crippen LogP contribution in [0.2, 0.25) is 0 Å². The summed E-state index contributed by atoms with van der Waals surface area (Å²) in [5, 5.41) is 3.44. The molecule has 7 nitrogen and oxygen atoms in total. The van der Waals surface area contributed by atoms with Gasteiger partial charge < -0.3 is 10.7 Å².